The van der Waals surface area contributed by atoms with Crippen molar-refractivity contribution in [1.29, 1.82) is 0 Å². The van der Waals surface area contributed by atoms with E-state index in [0.29, 0.717) is 10.9 Å². The summed E-state index contributed by atoms with van der Waals surface area (Å²) in [5.41, 5.74) is 0.417. The van der Waals surface area contributed by atoms with Crippen molar-refractivity contribution in [3.8, 4) is 17.2 Å². The molecular formula is C14H12O5S. The van der Waals surface area contributed by atoms with Crippen LogP contribution < -0.4 is 0 Å². The molecule has 2 rings (SSSR count). The average molecular weight is 292 g/mol. The average Bonchev–Trinajstić information content (AvgIpc) is 2.25. The molecule has 0 saturated heterocycles. The maximum atomic E-state index is 12.0. The van der Waals surface area contributed by atoms with E-state index < -0.39 is 23.1 Å². The third-order valence-electron chi connectivity index (χ3n) is 2.96. The van der Waals surface area contributed by atoms with Gasteiger partial charge in [-0.25, -0.2) is 0 Å². The molecule has 0 aliphatic rings. The van der Waals surface area contributed by atoms with E-state index in [4.69, 9.17) is 0 Å². The monoisotopic (exact) mass is 292 g/mol. The lowest BCUT2D eigenvalue weighted by Gasteiger charge is -2.12. The van der Waals surface area contributed by atoms with Crippen LogP contribution in [0.1, 0.15) is 22.3 Å². The second-order valence-corrected chi connectivity index (χ2v) is 4.97. The van der Waals surface area contributed by atoms with Gasteiger partial charge in [-0.15, -0.1) is 12.6 Å². The molecule has 2 aromatic rings. The summed E-state index contributed by atoms with van der Waals surface area (Å²) in [4.78, 5) is 22.9. The number of hydrogen-bond acceptors (Lipinski definition) is 5. The Hall–Kier alpha value is -2.21. The maximum Gasteiger partial charge on any atom is 0.193 e. The fraction of sp³-hybridized carbons (Fsp3) is 0.143. The van der Waals surface area contributed by atoms with Gasteiger partial charge < -0.3 is 15.3 Å². The third kappa shape index (κ3) is 2.42. The van der Waals surface area contributed by atoms with Gasteiger partial charge in [0.05, 0.1) is 17.4 Å². The smallest absolute Gasteiger partial charge is 0.193 e. The van der Waals surface area contributed by atoms with E-state index in [9.17, 15) is 24.9 Å². The van der Waals surface area contributed by atoms with Crippen LogP contribution in [-0.4, -0.2) is 26.2 Å². The molecule has 0 amide bonds. The summed E-state index contributed by atoms with van der Waals surface area (Å²) in [6.45, 7) is 1.59. The normalized spacial score (nSPS) is 10.7. The van der Waals surface area contributed by atoms with Crippen LogP contribution >= 0.6 is 12.6 Å². The van der Waals surface area contributed by atoms with E-state index in [0.717, 1.165) is 6.07 Å². The summed E-state index contributed by atoms with van der Waals surface area (Å²) in [6.07, 6.45) is -0.443. The Morgan fingerprint density at radius 2 is 1.80 bits per heavy atom. The van der Waals surface area contributed by atoms with Crippen LogP contribution in [0.25, 0.3) is 10.8 Å². The van der Waals surface area contributed by atoms with E-state index in [1.165, 1.54) is 6.07 Å². The van der Waals surface area contributed by atoms with Gasteiger partial charge >= 0.3 is 0 Å². The van der Waals surface area contributed by atoms with E-state index in [-0.39, 0.29) is 22.4 Å². The Labute approximate surface area is 119 Å². The zero-order valence-corrected chi connectivity index (χ0v) is 11.4. The van der Waals surface area contributed by atoms with Crippen LogP contribution in [0.4, 0.5) is 0 Å². The number of aromatic hydroxyl groups is 3. The largest absolute Gasteiger partial charge is 0.508 e. The number of phenols is 3. The van der Waals surface area contributed by atoms with Crippen molar-refractivity contribution >= 4 is 34.3 Å². The number of carbonyl (C=O) groups is 2. The lowest BCUT2D eigenvalue weighted by atomic mass is 9.95. The minimum absolute atomic E-state index is 0.0270. The molecule has 0 aliphatic carbocycles. The van der Waals surface area contributed by atoms with E-state index in [2.05, 4.69) is 12.6 Å². The van der Waals surface area contributed by atoms with Crippen LogP contribution in [0.15, 0.2) is 18.2 Å². The van der Waals surface area contributed by atoms with Gasteiger partial charge in [-0.05, 0) is 23.9 Å². The summed E-state index contributed by atoms with van der Waals surface area (Å²) < 4.78 is 0. The first-order valence-electron chi connectivity index (χ1n) is 5.74. The second-order valence-electron chi connectivity index (χ2n) is 4.47. The molecule has 0 heterocycles. The van der Waals surface area contributed by atoms with E-state index in [1.54, 1.807) is 13.0 Å². The molecule has 104 valence electrons. The molecule has 0 spiro atoms. The lowest BCUT2D eigenvalue weighted by Crippen LogP contribution is -2.06. The summed E-state index contributed by atoms with van der Waals surface area (Å²) in [5.74, 6) is -1.48. The van der Waals surface area contributed by atoms with Gasteiger partial charge in [-0.2, -0.15) is 0 Å². The number of benzene rings is 2. The zero-order valence-electron chi connectivity index (χ0n) is 10.5. The number of rotatable bonds is 3. The molecule has 0 fully saturated rings. The fourth-order valence-electron chi connectivity index (χ4n) is 2.20. The molecule has 2 aromatic carbocycles. The zero-order chi connectivity index (χ0) is 15.0. The number of aryl methyl sites for hydroxylation is 1. The van der Waals surface area contributed by atoms with Gasteiger partial charge in [0.25, 0.3) is 0 Å². The molecule has 0 saturated carbocycles. The van der Waals surface area contributed by atoms with Crippen LogP contribution in [0.3, 0.4) is 0 Å². The Bertz CT molecular complexity index is 736. The van der Waals surface area contributed by atoms with Crippen LogP contribution in [-0.2, 0) is 4.79 Å². The topological polar surface area (TPSA) is 94.8 Å². The Balaban J connectivity index is 2.75. The van der Waals surface area contributed by atoms with E-state index in [1.807, 2.05) is 0 Å². The molecular weight excluding hydrogens is 280 g/mol. The van der Waals surface area contributed by atoms with Gasteiger partial charge in [0.1, 0.15) is 17.2 Å². The summed E-state index contributed by atoms with van der Waals surface area (Å²) in [5, 5.41) is 29.3. The number of carbonyl (C=O) groups excluding carboxylic acids is 2. The second kappa shape index (κ2) is 5.05. The lowest BCUT2D eigenvalue weighted by molar-refractivity contribution is -0.110. The summed E-state index contributed by atoms with van der Waals surface area (Å²) >= 11 is 3.54. The van der Waals surface area contributed by atoms with Crippen LogP contribution in [0, 0.1) is 6.92 Å². The fourth-order valence-corrected chi connectivity index (χ4v) is 2.34. The number of phenolic OH excluding ortho intramolecular Hbond substituents is 3. The highest BCUT2D eigenvalue weighted by atomic mass is 32.1. The van der Waals surface area contributed by atoms with Crippen LogP contribution in [0.2, 0.25) is 0 Å². The number of Topliss-reactive ketones (excluding diaryl/α,β-unsaturated/α-hetero) is 1. The quantitative estimate of drug-likeness (QED) is 0.395. The number of hydrogen-bond donors (Lipinski definition) is 4. The summed E-state index contributed by atoms with van der Waals surface area (Å²) in [7, 11) is 0. The van der Waals surface area contributed by atoms with Gasteiger partial charge in [-0.3, -0.25) is 9.59 Å². The predicted octanol–water partition coefficient (Wildman–Crippen LogP) is 2.29. The first kappa shape index (κ1) is 14.2. The standard InChI is InChI=1S/C14H12O5S/c1-6-2-7-3-8(15)4-9(16)13(7)14(19)12(6)10(17)5-11(18)20/h2-4,15-16,19H,5H2,1H3,(H,18,20). The highest BCUT2D eigenvalue weighted by molar-refractivity contribution is 7.96. The van der Waals surface area contributed by atoms with E-state index >= 15 is 0 Å². The molecule has 5 nitrogen and oxygen atoms in total. The molecule has 0 unspecified atom stereocenters. The Morgan fingerprint density at radius 3 is 2.40 bits per heavy atom. The molecule has 20 heavy (non-hydrogen) atoms. The molecule has 0 radical (unpaired) electrons. The highest BCUT2D eigenvalue weighted by Crippen LogP contribution is 2.40. The van der Waals surface area contributed by atoms with Crippen molar-refractivity contribution in [2.75, 3.05) is 0 Å². The first-order valence-corrected chi connectivity index (χ1v) is 6.19. The van der Waals surface area contributed by atoms with Crippen molar-refractivity contribution in [2.45, 2.75) is 13.3 Å². The Morgan fingerprint density at radius 1 is 1.15 bits per heavy atom. The predicted molar refractivity (Wildman–Crippen MR) is 76.6 cm³/mol. The van der Waals surface area contributed by atoms with Crippen LogP contribution in [0.5, 0.6) is 17.2 Å². The minimum atomic E-state index is -0.608. The molecule has 0 aliphatic heterocycles. The summed E-state index contributed by atoms with van der Waals surface area (Å²) in [6, 6.07) is 3.97. The molecule has 3 N–H and O–H groups in total. The molecule has 0 atom stereocenters. The minimum Gasteiger partial charge on any atom is -0.508 e. The number of fused-ring (bicyclic) bond motifs is 1. The number of thiol groups is 1. The van der Waals surface area contributed by atoms with Crippen molar-refractivity contribution in [1.82, 2.24) is 0 Å². The molecule has 6 heteroatoms. The third-order valence-corrected chi connectivity index (χ3v) is 3.12. The maximum absolute atomic E-state index is 12.0. The Kier molecular flexibility index (Phi) is 3.59. The SMILES string of the molecule is Cc1cc2cc(O)cc(O)c2c(O)c1C(=O)CC(=O)S. The number of ketones is 1. The molecule has 0 bridgehead atoms. The van der Waals surface area contributed by atoms with Gasteiger partial charge in [0.15, 0.2) is 10.9 Å². The van der Waals surface area contributed by atoms with Gasteiger partial charge in [0.2, 0.25) is 0 Å². The first-order chi connectivity index (χ1) is 9.31. The van der Waals surface area contributed by atoms with Crippen molar-refractivity contribution < 1.29 is 24.9 Å². The van der Waals surface area contributed by atoms with Crippen molar-refractivity contribution in [2.24, 2.45) is 0 Å². The van der Waals surface area contributed by atoms with Crippen molar-refractivity contribution in [3.63, 3.8) is 0 Å². The van der Waals surface area contributed by atoms with Gasteiger partial charge in [0, 0.05) is 6.07 Å². The van der Waals surface area contributed by atoms with Crippen molar-refractivity contribution in [3.05, 3.63) is 29.3 Å². The molecule has 0 aromatic heterocycles. The van der Waals surface area contributed by atoms with Gasteiger partial charge in [-0.1, -0.05) is 6.07 Å². The highest BCUT2D eigenvalue weighted by Gasteiger charge is 2.20.